The Morgan fingerprint density at radius 2 is 2.00 bits per heavy atom. The molecular weight excluding hydrogens is 258 g/mol. The summed E-state index contributed by atoms with van der Waals surface area (Å²) in [6.45, 7) is 3.77. The van der Waals surface area contributed by atoms with Gasteiger partial charge in [-0.2, -0.15) is 0 Å². The van der Waals surface area contributed by atoms with Crippen LogP contribution < -0.4 is 15.8 Å². The number of carbonyl (C=O) groups excluding carboxylic acids is 1. The minimum absolute atomic E-state index is 0.00285. The van der Waals surface area contributed by atoms with Gasteiger partial charge in [0, 0.05) is 0 Å². The van der Waals surface area contributed by atoms with E-state index in [0.29, 0.717) is 0 Å². The Morgan fingerprint density at radius 3 is 2.45 bits per heavy atom. The molecule has 1 atom stereocenters. The standard InChI is InChI=1S/C14H21N3O3/c1-9(2)13(14(15)17-19)16-12(18)8-10-4-6-11(20-3)7-5-10/h4-7,9,13,19H,8H2,1-3H3,(H2,15,17)(H,16,18). The molecule has 6 heteroatoms. The first kappa shape index (κ1) is 15.8. The van der Waals surface area contributed by atoms with E-state index in [0.717, 1.165) is 11.3 Å². The van der Waals surface area contributed by atoms with Crippen LogP contribution in [0.4, 0.5) is 0 Å². The lowest BCUT2D eigenvalue weighted by Crippen LogP contribution is -2.48. The summed E-state index contributed by atoms with van der Waals surface area (Å²) >= 11 is 0. The van der Waals surface area contributed by atoms with Crippen LogP contribution in [0.1, 0.15) is 19.4 Å². The summed E-state index contributed by atoms with van der Waals surface area (Å²) in [6, 6.07) is 6.77. The molecule has 20 heavy (non-hydrogen) atoms. The molecule has 1 amide bonds. The number of rotatable bonds is 6. The number of amides is 1. The number of oxime groups is 1. The molecule has 0 radical (unpaired) electrons. The monoisotopic (exact) mass is 279 g/mol. The maximum Gasteiger partial charge on any atom is 0.225 e. The third-order valence-corrected chi connectivity index (χ3v) is 2.94. The molecule has 0 saturated carbocycles. The SMILES string of the molecule is COc1ccc(CC(=O)NC(C(N)=NO)C(C)C)cc1. The summed E-state index contributed by atoms with van der Waals surface area (Å²) in [5, 5.41) is 14.4. The fourth-order valence-corrected chi connectivity index (χ4v) is 1.80. The first-order valence-electron chi connectivity index (χ1n) is 6.37. The van der Waals surface area contributed by atoms with Gasteiger partial charge in [-0.25, -0.2) is 0 Å². The molecule has 110 valence electrons. The number of carbonyl (C=O) groups is 1. The van der Waals surface area contributed by atoms with Crippen LogP contribution in [0.25, 0.3) is 0 Å². The van der Waals surface area contributed by atoms with Crippen LogP contribution in [0.5, 0.6) is 5.75 Å². The van der Waals surface area contributed by atoms with E-state index < -0.39 is 6.04 Å². The van der Waals surface area contributed by atoms with E-state index in [1.807, 2.05) is 26.0 Å². The van der Waals surface area contributed by atoms with Gasteiger partial charge in [0.25, 0.3) is 0 Å². The summed E-state index contributed by atoms with van der Waals surface area (Å²) in [4.78, 5) is 12.0. The second-order valence-corrected chi connectivity index (χ2v) is 4.84. The van der Waals surface area contributed by atoms with Gasteiger partial charge in [-0.3, -0.25) is 4.79 Å². The highest BCUT2D eigenvalue weighted by atomic mass is 16.5. The Bertz CT molecular complexity index is 469. The molecule has 6 nitrogen and oxygen atoms in total. The van der Waals surface area contributed by atoms with E-state index in [-0.39, 0.29) is 24.1 Å². The van der Waals surface area contributed by atoms with Gasteiger partial charge >= 0.3 is 0 Å². The molecule has 4 N–H and O–H groups in total. The highest BCUT2D eigenvalue weighted by Crippen LogP contribution is 2.12. The van der Waals surface area contributed by atoms with Crippen LogP contribution in [-0.2, 0) is 11.2 Å². The van der Waals surface area contributed by atoms with Crippen molar-refractivity contribution >= 4 is 11.7 Å². The second-order valence-electron chi connectivity index (χ2n) is 4.84. The molecule has 0 aliphatic carbocycles. The number of amidine groups is 1. The van der Waals surface area contributed by atoms with Crippen molar-refractivity contribution in [1.82, 2.24) is 5.32 Å². The average Bonchev–Trinajstić information content (AvgIpc) is 2.44. The number of hydrogen-bond donors (Lipinski definition) is 3. The number of ether oxygens (including phenoxy) is 1. The van der Waals surface area contributed by atoms with E-state index in [1.54, 1.807) is 19.2 Å². The third-order valence-electron chi connectivity index (χ3n) is 2.94. The van der Waals surface area contributed by atoms with Crippen LogP contribution in [0.3, 0.4) is 0 Å². The average molecular weight is 279 g/mol. The van der Waals surface area contributed by atoms with Crippen molar-refractivity contribution < 1.29 is 14.7 Å². The zero-order valence-electron chi connectivity index (χ0n) is 12.0. The van der Waals surface area contributed by atoms with Gasteiger partial charge in [0.15, 0.2) is 5.84 Å². The molecule has 0 heterocycles. The van der Waals surface area contributed by atoms with Crippen LogP contribution >= 0.6 is 0 Å². The van der Waals surface area contributed by atoms with Crippen molar-refractivity contribution in [3.05, 3.63) is 29.8 Å². The number of methoxy groups -OCH3 is 1. The predicted molar refractivity (Wildman–Crippen MR) is 76.9 cm³/mol. The van der Waals surface area contributed by atoms with E-state index in [9.17, 15) is 4.79 Å². The highest BCUT2D eigenvalue weighted by molar-refractivity contribution is 5.90. The van der Waals surface area contributed by atoms with E-state index in [4.69, 9.17) is 15.7 Å². The summed E-state index contributed by atoms with van der Waals surface area (Å²) in [5.41, 5.74) is 6.43. The number of hydrogen-bond acceptors (Lipinski definition) is 4. The van der Waals surface area contributed by atoms with Crippen LogP contribution in [0.15, 0.2) is 29.4 Å². The van der Waals surface area contributed by atoms with E-state index >= 15 is 0 Å². The van der Waals surface area contributed by atoms with Gasteiger partial charge in [-0.05, 0) is 23.6 Å². The van der Waals surface area contributed by atoms with Gasteiger partial charge in [-0.1, -0.05) is 31.1 Å². The van der Waals surface area contributed by atoms with Gasteiger partial charge in [0.05, 0.1) is 19.6 Å². The zero-order chi connectivity index (χ0) is 15.1. The van der Waals surface area contributed by atoms with Gasteiger partial charge in [-0.15, -0.1) is 0 Å². The molecule has 0 fully saturated rings. The largest absolute Gasteiger partial charge is 0.497 e. The van der Waals surface area contributed by atoms with Gasteiger partial charge < -0.3 is 21.0 Å². The normalized spacial score (nSPS) is 13.1. The maximum absolute atomic E-state index is 12.0. The summed E-state index contributed by atoms with van der Waals surface area (Å²) in [7, 11) is 1.59. The second kappa shape index (κ2) is 7.37. The topological polar surface area (TPSA) is 96.9 Å². The van der Waals surface area contributed by atoms with E-state index in [2.05, 4.69) is 10.5 Å². The number of nitrogens with zero attached hydrogens (tertiary/aromatic N) is 1. The zero-order valence-corrected chi connectivity index (χ0v) is 12.0. The van der Waals surface area contributed by atoms with Crippen LogP contribution in [-0.4, -0.2) is 30.1 Å². The molecule has 0 aliphatic heterocycles. The molecule has 0 saturated heterocycles. The molecule has 0 spiro atoms. The fraction of sp³-hybridized carbons (Fsp3) is 0.429. The van der Waals surface area contributed by atoms with E-state index in [1.165, 1.54) is 0 Å². The number of benzene rings is 1. The first-order chi connectivity index (χ1) is 9.47. The van der Waals surface area contributed by atoms with Crippen LogP contribution in [0.2, 0.25) is 0 Å². The highest BCUT2D eigenvalue weighted by Gasteiger charge is 2.20. The molecule has 1 unspecified atom stereocenters. The third kappa shape index (κ3) is 4.46. The Hall–Kier alpha value is -2.24. The lowest BCUT2D eigenvalue weighted by Gasteiger charge is -2.20. The molecule has 0 aromatic heterocycles. The molecular formula is C14H21N3O3. The smallest absolute Gasteiger partial charge is 0.225 e. The maximum atomic E-state index is 12.0. The summed E-state index contributed by atoms with van der Waals surface area (Å²) in [5.74, 6) is 0.597. The Balaban J connectivity index is 2.65. The van der Waals surface area contributed by atoms with Crippen molar-refractivity contribution in [2.45, 2.75) is 26.3 Å². The Kier molecular flexibility index (Phi) is 5.83. The first-order valence-corrected chi connectivity index (χ1v) is 6.37. The van der Waals surface area contributed by atoms with Crippen LogP contribution in [0, 0.1) is 5.92 Å². The lowest BCUT2D eigenvalue weighted by molar-refractivity contribution is -0.121. The number of nitrogens with one attached hydrogen (secondary N) is 1. The van der Waals surface area contributed by atoms with Gasteiger partial charge in [0.1, 0.15) is 5.75 Å². The van der Waals surface area contributed by atoms with Crippen molar-refractivity contribution in [3.8, 4) is 5.75 Å². The van der Waals surface area contributed by atoms with Gasteiger partial charge in [0.2, 0.25) is 5.91 Å². The molecule has 1 aromatic carbocycles. The summed E-state index contributed by atoms with van der Waals surface area (Å²) in [6.07, 6.45) is 0.228. The van der Waals surface area contributed by atoms with Crippen molar-refractivity contribution in [1.29, 1.82) is 0 Å². The lowest BCUT2D eigenvalue weighted by atomic mass is 10.0. The van der Waals surface area contributed by atoms with Crippen molar-refractivity contribution in [2.24, 2.45) is 16.8 Å². The minimum atomic E-state index is -0.481. The number of nitrogens with two attached hydrogens (primary N) is 1. The molecule has 1 rings (SSSR count). The fourth-order valence-electron chi connectivity index (χ4n) is 1.80. The Labute approximate surface area is 118 Å². The molecule has 0 aliphatic rings. The quantitative estimate of drug-likeness (QED) is 0.315. The molecule has 0 bridgehead atoms. The minimum Gasteiger partial charge on any atom is -0.497 e. The predicted octanol–water partition coefficient (Wildman–Crippen LogP) is 1.12. The molecule has 1 aromatic rings. The van der Waals surface area contributed by atoms with Crippen molar-refractivity contribution in [3.63, 3.8) is 0 Å². The van der Waals surface area contributed by atoms with Crippen molar-refractivity contribution in [2.75, 3.05) is 7.11 Å². The Morgan fingerprint density at radius 1 is 1.40 bits per heavy atom. The summed E-state index contributed by atoms with van der Waals surface area (Å²) < 4.78 is 5.06.